The number of hydrogen-bond acceptors (Lipinski definition) is 5. The van der Waals surface area contributed by atoms with Gasteiger partial charge in [0, 0.05) is 51.5 Å². The highest BCUT2D eigenvalue weighted by atomic mass is 32.2. The number of nitrogens with one attached hydrogen (secondary N) is 1. The quantitative estimate of drug-likeness (QED) is 0.689. The molecule has 4 rings (SSSR count). The predicted octanol–water partition coefficient (Wildman–Crippen LogP) is 1.80. The van der Waals surface area contributed by atoms with Gasteiger partial charge in [0.05, 0.1) is 16.1 Å². The summed E-state index contributed by atoms with van der Waals surface area (Å²) in [5.74, 6) is -0.192. The average molecular weight is 414 g/mol. The number of benzene rings is 1. The second-order valence-electron chi connectivity index (χ2n) is 7.09. The standard InChI is InChI=1S/C20H23N5O3S/c1-16(26)21-17-5-7-20(8-6-17)29(27,28)24-12-10-23(11-13-24)15-18-14-19-4-2-3-9-25(19)22-18/h2-9,14H,10-13,15H2,1H3,(H,21,26). The molecule has 0 radical (unpaired) electrons. The number of pyridine rings is 1. The van der Waals surface area contributed by atoms with Crippen molar-refractivity contribution in [3.8, 4) is 0 Å². The van der Waals surface area contributed by atoms with Crippen molar-refractivity contribution in [3.05, 3.63) is 60.4 Å². The second-order valence-corrected chi connectivity index (χ2v) is 9.03. The van der Waals surface area contributed by atoms with Crippen molar-refractivity contribution in [2.24, 2.45) is 0 Å². The highest BCUT2D eigenvalue weighted by Crippen LogP contribution is 2.20. The van der Waals surface area contributed by atoms with Gasteiger partial charge in [-0.15, -0.1) is 0 Å². The van der Waals surface area contributed by atoms with E-state index in [1.54, 1.807) is 12.1 Å². The molecular formula is C20H23N5O3S. The molecule has 0 bridgehead atoms. The van der Waals surface area contributed by atoms with E-state index in [2.05, 4.69) is 21.4 Å². The van der Waals surface area contributed by atoms with Gasteiger partial charge in [0.25, 0.3) is 0 Å². The Morgan fingerprint density at radius 2 is 1.79 bits per heavy atom. The number of carbonyl (C=O) groups is 1. The number of sulfonamides is 1. The Morgan fingerprint density at radius 1 is 1.07 bits per heavy atom. The van der Waals surface area contributed by atoms with Gasteiger partial charge < -0.3 is 5.32 Å². The van der Waals surface area contributed by atoms with Gasteiger partial charge in [-0.1, -0.05) is 6.07 Å². The molecule has 0 atom stereocenters. The fourth-order valence-electron chi connectivity index (χ4n) is 3.49. The normalized spacial score (nSPS) is 16.2. The summed E-state index contributed by atoms with van der Waals surface area (Å²) >= 11 is 0. The summed E-state index contributed by atoms with van der Waals surface area (Å²) in [5, 5.41) is 7.20. The van der Waals surface area contributed by atoms with Gasteiger partial charge in [-0.05, 0) is 42.5 Å². The van der Waals surface area contributed by atoms with E-state index in [0.29, 0.717) is 38.4 Å². The predicted molar refractivity (Wildman–Crippen MR) is 110 cm³/mol. The minimum atomic E-state index is -3.55. The zero-order chi connectivity index (χ0) is 20.4. The van der Waals surface area contributed by atoms with E-state index in [4.69, 9.17) is 0 Å². The molecule has 9 heteroatoms. The van der Waals surface area contributed by atoms with Crippen molar-refractivity contribution in [1.82, 2.24) is 18.8 Å². The van der Waals surface area contributed by atoms with Crippen molar-refractivity contribution >= 4 is 27.1 Å². The second kappa shape index (κ2) is 7.94. The zero-order valence-corrected chi connectivity index (χ0v) is 17.0. The Kier molecular flexibility index (Phi) is 5.35. The molecule has 152 valence electrons. The van der Waals surface area contributed by atoms with Crippen molar-refractivity contribution < 1.29 is 13.2 Å². The molecule has 3 aromatic rings. The van der Waals surface area contributed by atoms with Crippen LogP contribution in [-0.4, -0.2) is 59.3 Å². The minimum absolute atomic E-state index is 0.192. The van der Waals surface area contributed by atoms with Crippen LogP contribution in [0.4, 0.5) is 5.69 Å². The topological polar surface area (TPSA) is 87.0 Å². The summed E-state index contributed by atoms with van der Waals surface area (Å²) < 4.78 is 29.2. The van der Waals surface area contributed by atoms with E-state index in [1.165, 1.54) is 23.4 Å². The van der Waals surface area contributed by atoms with Crippen molar-refractivity contribution in [1.29, 1.82) is 0 Å². The van der Waals surface area contributed by atoms with Gasteiger partial charge in [0.15, 0.2) is 0 Å². The minimum Gasteiger partial charge on any atom is -0.326 e. The van der Waals surface area contributed by atoms with Crippen LogP contribution in [0.15, 0.2) is 59.6 Å². The number of nitrogens with zero attached hydrogens (tertiary/aromatic N) is 4. The SMILES string of the molecule is CC(=O)Nc1ccc(S(=O)(=O)N2CCN(Cc3cc4ccccn4n3)CC2)cc1. The number of aromatic nitrogens is 2. The Balaban J connectivity index is 1.38. The first-order valence-corrected chi connectivity index (χ1v) is 10.9. The summed E-state index contributed by atoms with van der Waals surface area (Å²) in [6.07, 6.45) is 1.92. The molecular weight excluding hydrogens is 390 g/mol. The van der Waals surface area contributed by atoms with Gasteiger partial charge in [-0.3, -0.25) is 9.69 Å². The molecule has 1 N–H and O–H groups in total. The van der Waals surface area contributed by atoms with E-state index >= 15 is 0 Å². The lowest BCUT2D eigenvalue weighted by atomic mass is 10.3. The molecule has 0 aliphatic carbocycles. The lowest BCUT2D eigenvalue weighted by Gasteiger charge is -2.33. The van der Waals surface area contributed by atoms with Gasteiger partial charge >= 0.3 is 0 Å². The van der Waals surface area contributed by atoms with E-state index in [1.807, 2.05) is 28.9 Å². The van der Waals surface area contributed by atoms with E-state index in [9.17, 15) is 13.2 Å². The van der Waals surface area contributed by atoms with Crippen LogP contribution in [0.2, 0.25) is 0 Å². The maximum absolute atomic E-state index is 12.9. The molecule has 0 unspecified atom stereocenters. The summed E-state index contributed by atoms with van der Waals surface area (Å²) in [6, 6.07) is 14.3. The van der Waals surface area contributed by atoms with Crippen LogP contribution in [0.25, 0.3) is 5.52 Å². The van der Waals surface area contributed by atoms with Gasteiger partial charge in [0.1, 0.15) is 0 Å². The summed E-state index contributed by atoms with van der Waals surface area (Å²) in [7, 11) is -3.55. The number of anilines is 1. The van der Waals surface area contributed by atoms with Crippen LogP contribution in [0.5, 0.6) is 0 Å². The zero-order valence-electron chi connectivity index (χ0n) is 16.2. The Bertz CT molecular complexity index is 1080. The van der Waals surface area contributed by atoms with Crippen LogP contribution in [-0.2, 0) is 21.4 Å². The Morgan fingerprint density at radius 3 is 2.45 bits per heavy atom. The van der Waals surface area contributed by atoms with E-state index in [0.717, 1.165) is 11.2 Å². The smallest absolute Gasteiger partial charge is 0.243 e. The molecule has 0 spiro atoms. The molecule has 1 aliphatic heterocycles. The van der Waals surface area contributed by atoms with Gasteiger partial charge in [-0.2, -0.15) is 9.40 Å². The average Bonchev–Trinajstić information content (AvgIpc) is 3.10. The fourth-order valence-corrected chi connectivity index (χ4v) is 4.91. The van der Waals surface area contributed by atoms with Crippen LogP contribution >= 0.6 is 0 Å². The number of piperazine rings is 1. The first-order chi connectivity index (χ1) is 13.9. The van der Waals surface area contributed by atoms with Crippen LogP contribution in [0.3, 0.4) is 0 Å². The highest BCUT2D eigenvalue weighted by Gasteiger charge is 2.28. The fraction of sp³-hybridized carbons (Fsp3) is 0.300. The molecule has 1 fully saturated rings. The third kappa shape index (κ3) is 4.31. The molecule has 8 nitrogen and oxygen atoms in total. The largest absolute Gasteiger partial charge is 0.326 e. The number of rotatable bonds is 5. The lowest BCUT2D eigenvalue weighted by Crippen LogP contribution is -2.48. The molecule has 3 heterocycles. The molecule has 29 heavy (non-hydrogen) atoms. The highest BCUT2D eigenvalue weighted by molar-refractivity contribution is 7.89. The van der Waals surface area contributed by atoms with E-state index < -0.39 is 10.0 Å². The van der Waals surface area contributed by atoms with Crippen molar-refractivity contribution in [3.63, 3.8) is 0 Å². The Labute approximate surface area is 169 Å². The summed E-state index contributed by atoms with van der Waals surface area (Å²) in [4.78, 5) is 13.6. The molecule has 1 aromatic carbocycles. The summed E-state index contributed by atoms with van der Waals surface area (Å²) in [5.41, 5.74) is 2.60. The number of fused-ring (bicyclic) bond motifs is 1. The first-order valence-electron chi connectivity index (χ1n) is 9.45. The monoisotopic (exact) mass is 413 g/mol. The molecule has 1 aliphatic rings. The van der Waals surface area contributed by atoms with E-state index in [-0.39, 0.29) is 10.8 Å². The molecule has 1 amide bonds. The van der Waals surface area contributed by atoms with Crippen molar-refractivity contribution in [2.45, 2.75) is 18.4 Å². The van der Waals surface area contributed by atoms with Gasteiger partial charge in [-0.25, -0.2) is 12.9 Å². The maximum atomic E-state index is 12.9. The third-order valence-corrected chi connectivity index (χ3v) is 6.86. The Hall–Kier alpha value is -2.75. The van der Waals surface area contributed by atoms with Crippen LogP contribution < -0.4 is 5.32 Å². The van der Waals surface area contributed by atoms with Crippen molar-refractivity contribution in [2.75, 3.05) is 31.5 Å². The molecule has 1 saturated heterocycles. The lowest BCUT2D eigenvalue weighted by molar-refractivity contribution is -0.114. The molecule has 0 saturated carbocycles. The van der Waals surface area contributed by atoms with Crippen LogP contribution in [0.1, 0.15) is 12.6 Å². The number of amides is 1. The van der Waals surface area contributed by atoms with Crippen LogP contribution in [0, 0.1) is 0 Å². The number of hydrogen-bond donors (Lipinski definition) is 1. The first kappa shape index (κ1) is 19.6. The molecule has 2 aromatic heterocycles. The van der Waals surface area contributed by atoms with Gasteiger partial charge in [0.2, 0.25) is 15.9 Å². The third-order valence-electron chi connectivity index (χ3n) is 4.95. The summed E-state index contributed by atoms with van der Waals surface area (Å²) in [6.45, 7) is 4.28. The number of carbonyl (C=O) groups excluding carboxylic acids is 1. The maximum Gasteiger partial charge on any atom is 0.243 e.